The summed E-state index contributed by atoms with van der Waals surface area (Å²) in [7, 11) is 0. The van der Waals surface area contributed by atoms with Gasteiger partial charge in [-0.15, -0.1) is 5.10 Å². The van der Waals surface area contributed by atoms with Crippen LogP contribution < -0.4 is 5.73 Å². The van der Waals surface area contributed by atoms with Gasteiger partial charge in [0.2, 0.25) is 11.8 Å². The number of nitrogens with two attached hydrogens (primary N) is 1. The number of hydrogen-bond acceptors (Lipinski definition) is 8. The zero-order valence-electron chi connectivity index (χ0n) is 14.0. The zero-order valence-corrected chi connectivity index (χ0v) is 14.0. The fraction of sp³-hybridized carbons (Fsp3) is 0.312. The van der Waals surface area contributed by atoms with Crippen molar-refractivity contribution < 1.29 is 4.42 Å². The third kappa shape index (κ3) is 2.60. The van der Waals surface area contributed by atoms with Crippen molar-refractivity contribution in [1.29, 1.82) is 0 Å². The first-order valence-corrected chi connectivity index (χ1v) is 8.42. The molecule has 0 bridgehead atoms. The van der Waals surface area contributed by atoms with Gasteiger partial charge >= 0.3 is 0 Å². The van der Waals surface area contributed by atoms with Crippen LogP contribution in [0.15, 0.2) is 29.1 Å². The summed E-state index contributed by atoms with van der Waals surface area (Å²) in [5.74, 6) is 1.41. The van der Waals surface area contributed by atoms with Crippen molar-refractivity contribution in [1.82, 2.24) is 39.7 Å². The van der Waals surface area contributed by atoms with Crippen LogP contribution in [-0.4, -0.2) is 52.8 Å². The molecule has 1 aliphatic rings. The molecule has 0 aliphatic carbocycles. The highest BCUT2D eigenvalue weighted by Crippen LogP contribution is 2.19. The number of fused-ring (bicyclic) bond motifs is 2. The highest BCUT2D eigenvalue weighted by atomic mass is 16.3. The van der Waals surface area contributed by atoms with Gasteiger partial charge in [0.1, 0.15) is 12.0 Å². The molecule has 0 fully saturated rings. The molecule has 4 aromatic heterocycles. The number of nitrogens with one attached hydrogen (secondary N) is 1. The number of nitrogen functional groups attached to an aromatic ring is 1. The quantitative estimate of drug-likeness (QED) is 0.550. The molecule has 10 nitrogen and oxygen atoms in total. The minimum Gasteiger partial charge on any atom is -0.443 e. The lowest BCUT2D eigenvalue weighted by Crippen LogP contribution is -2.32. The highest BCUT2D eigenvalue weighted by molar-refractivity contribution is 5.58. The SMILES string of the molecule is Nc1nc(-c2ncco2)cc2nc(CCN3CCc4[nH]ncc4C3)nn12. The molecule has 5 rings (SSSR count). The average Bonchev–Trinajstić information content (AvgIpc) is 3.38. The van der Waals surface area contributed by atoms with Crippen LogP contribution in [0.2, 0.25) is 0 Å². The molecule has 0 aromatic carbocycles. The van der Waals surface area contributed by atoms with Crippen molar-refractivity contribution in [2.75, 3.05) is 18.8 Å². The molecule has 0 radical (unpaired) electrons. The van der Waals surface area contributed by atoms with Crippen molar-refractivity contribution in [3.05, 3.63) is 41.8 Å². The summed E-state index contributed by atoms with van der Waals surface area (Å²) in [5.41, 5.74) is 9.70. The Morgan fingerprint density at radius 3 is 3.15 bits per heavy atom. The van der Waals surface area contributed by atoms with Gasteiger partial charge in [0, 0.05) is 49.8 Å². The average molecular weight is 351 g/mol. The Balaban J connectivity index is 1.34. The number of anilines is 1. The predicted octanol–water partition coefficient (Wildman–Crippen LogP) is 0.685. The van der Waals surface area contributed by atoms with E-state index < -0.39 is 0 Å². The van der Waals surface area contributed by atoms with Crippen LogP contribution in [0, 0.1) is 0 Å². The van der Waals surface area contributed by atoms with Gasteiger partial charge in [0.25, 0.3) is 0 Å². The predicted molar refractivity (Wildman–Crippen MR) is 92.0 cm³/mol. The van der Waals surface area contributed by atoms with Gasteiger partial charge in [-0.3, -0.25) is 10.00 Å². The molecule has 5 heterocycles. The molecule has 0 amide bonds. The number of nitrogens with zero attached hydrogens (tertiary/aromatic N) is 7. The van der Waals surface area contributed by atoms with Crippen molar-refractivity contribution in [2.24, 2.45) is 0 Å². The van der Waals surface area contributed by atoms with E-state index in [0.29, 0.717) is 17.2 Å². The second-order valence-electron chi connectivity index (χ2n) is 6.28. The topological polar surface area (TPSA) is 127 Å². The van der Waals surface area contributed by atoms with Gasteiger partial charge in [-0.2, -0.15) is 9.61 Å². The second kappa shape index (κ2) is 5.92. The fourth-order valence-electron chi connectivity index (χ4n) is 3.25. The van der Waals surface area contributed by atoms with E-state index in [1.165, 1.54) is 17.5 Å². The van der Waals surface area contributed by atoms with E-state index in [9.17, 15) is 0 Å². The van der Waals surface area contributed by atoms with Crippen LogP contribution in [-0.2, 0) is 19.4 Å². The summed E-state index contributed by atoms with van der Waals surface area (Å²) < 4.78 is 6.83. The van der Waals surface area contributed by atoms with E-state index >= 15 is 0 Å². The van der Waals surface area contributed by atoms with Gasteiger partial charge in [-0.05, 0) is 0 Å². The molecule has 0 saturated carbocycles. The van der Waals surface area contributed by atoms with Crippen LogP contribution >= 0.6 is 0 Å². The Kier molecular flexibility index (Phi) is 3.42. The lowest BCUT2D eigenvalue weighted by atomic mass is 10.1. The first-order valence-electron chi connectivity index (χ1n) is 8.42. The maximum Gasteiger partial charge on any atom is 0.245 e. The number of hydrogen-bond donors (Lipinski definition) is 2. The Morgan fingerprint density at radius 2 is 2.27 bits per heavy atom. The van der Waals surface area contributed by atoms with Crippen molar-refractivity contribution in [3.8, 4) is 11.6 Å². The second-order valence-corrected chi connectivity index (χ2v) is 6.28. The van der Waals surface area contributed by atoms with E-state index in [0.717, 1.165) is 38.3 Å². The number of H-pyrrole nitrogens is 1. The summed E-state index contributed by atoms with van der Waals surface area (Å²) in [4.78, 5) is 15.3. The van der Waals surface area contributed by atoms with Crippen molar-refractivity contribution in [2.45, 2.75) is 19.4 Å². The smallest absolute Gasteiger partial charge is 0.245 e. The fourth-order valence-corrected chi connectivity index (χ4v) is 3.25. The molecule has 0 saturated heterocycles. The van der Waals surface area contributed by atoms with Gasteiger partial charge < -0.3 is 10.2 Å². The lowest BCUT2D eigenvalue weighted by molar-refractivity contribution is 0.255. The van der Waals surface area contributed by atoms with Gasteiger partial charge in [-0.25, -0.2) is 15.0 Å². The summed E-state index contributed by atoms with van der Waals surface area (Å²) in [6.07, 6.45) is 6.70. The minimum absolute atomic E-state index is 0.260. The number of aromatic nitrogens is 7. The molecular weight excluding hydrogens is 334 g/mol. The Morgan fingerprint density at radius 1 is 1.31 bits per heavy atom. The van der Waals surface area contributed by atoms with Crippen LogP contribution in [0.3, 0.4) is 0 Å². The molecular formula is C16H17N9O. The standard InChI is InChI=1S/C16H17N9O/c17-16-20-12(15-18-3-6-26-15)7-14-21-13(23-25(14)16)2-5-24-4-1-11-10(9-24)8-19-22-11/h3,6-8H,1-2,4-5,9H2,(H2,17,20)(H,19,22). The molecule has 0 spiro atoms. The van der Waals surface area contributed by atoms with E-state index in [1.54, 1.807) is 16.8 Å². The molecule has 1 aliphatic heterocycles. The van der Waals surface area contributed by atoms with Gasteiger partial charge in [0.05, 0.1) is 12.4 Å². The third-order valence-electron chi connectivity index (χ3n) is 4.58. The largest absolute Gasteiger partial charge is 0.443 e. The summed E-state index contributed by atoms with van der Waals surface area (Å²) >= 11 is 0. The van der Waals surface area contributed by atoms with Gasteiger partial charge in [0.15, 0.2) is 11.5 Å². The molecule has 4 aromatic rings. The minimum atomic E-state index is 0.260. The number of aromatic amines is 1. The Hall–Kier alpha value is -3.27. The Bertz CT molecular complexity index is 1050. The van der Waals surface area contributed by atoms with Crippen LogP contribution in [0.1, 0.15) is 17.1 Å². The summed E-state index contributed by atoms with van der Waals surface area (Å²) in [6.45, 7) is 2.78. The van der Waals surface area contributed by atoms with Crippen molar-refractivity contribution in [3.63, 3.8) is 0 Å². The highest BCUT2D eigenvalue weighted by Gasteiger charge is 2.18. The Labute approximate surface area is 148 Å². The van der Waals surface area contributed by atoms with Crippen molar-refractivity contribution >= 4 is 11.6 Å². The number of rotatable bonds is 4. The van der Waals surface area contributed by atoms with E-state index in [2.05, 4.69) is 35.1 Å². The maximum absolute atomic E-state index is 6.02. The van der Waals surface area contributed by atoms with E-state index in [4.69, 9.17) is 10.2 Å². The zero-order chi connectivity index (χ0) is 17.5. The van der Waals surface area contributed by atoms with E-state index in [-0.39, 0.29) is 5.95 Å². The molecule has 0 unspecified atom stereocenters. The first-order chi connectivity index (χ1) is 12.8. The monoisotopic (exact) mass is 351 g/mol. The maximum atomic E-state index is 6.02. The molecule has 10 heteroatoms. The third-order valence-corrected chi connectivity index (χ3v) is 4.58. The first kappa shape index (κ1) is 15.0. The van der Waals surface area contributed by atoms with Crippen LogP contribution in [0.25, 0.3) is 17.2 Å². The molecule has 132 valence electrons. The summed E-state index contributed by atoms with van der Waals surface area (Å²) in [5, 5.41) is 11.6. The molecule has 0 atom stereocenters. The molecule has 26 heavy (non-hydrogen) atoms. The van der Waals surface area contributed by atoms with Crippen LogP contribution in [0.5, 0.6) is 0 Å². The molecule has 3 N–H and O–H groups in total. The van der Waals surface area contributed by atoms with Gasteiger partial charge in [-0.1, -0.05) is 0 Å². The van der Waals surface area contributed by atoms with Crippen LogP contribution in [0.4, 0.5) is 5.95 Å². The lowest BCUT2D eigenvalue weighted by Gasteiger charge is -2.25. The summed E-state index contributed by atoms with van der Waals surface area (Å²) in [6, 6.07) is 1.78. The normalized spacial score (nSPS) is 14.8. The van der Waals surface area contributed by atoms with E-state index in [1.807, 2.05) is 6.20 Å². The number of oxazole rings is 1.